The highest BCUT2D eigenvalue weighted by Crippen LogP contribution is 2.15. The summed E-state index contributed by atoms with van der Waals surface area (Å²) in [6.45, 7) is 2.49. The average Bonchev–Trinajstić information content (AvgIpc) is 2.75. The second-order valence-electron chi connectivity index (χ2n) is 3.38. The van der Waals surface area contributed by atoms with Crippen molar-refractivity contribution in [2.75, 3.05) is 13.1 Å². The minimum atomic E-state index is -0.143. The van der Waals surface area contributed by atoms with Gasteiger partial charge in [0.1, 0.15) is 4.88 Å². The summed E-state index contributed by atoms with van der Waals surface area (Å²) < 4.78 is 0. The van der Waals surface area contributed by atoms with Gasteiger partial charge in [-0.15, -0.1) is 11.3 Å². The zero-order valence-corrected chi connectivity index (χ0v) is 10.3. The first-order chi connectivity index (χ1) is 8.20. The van der Waals surface area contributed by atoms with Crippen molar-refractivity contribution < 1.29 is 4.79 Å². The molecule has 0 bridgehead atoms. The topological polar surface area (TPSA) is 80.8 Å². The van der Waals surface area contributed by atoms with Crippen LogP contribution in [0.5, 0.6) is 0 Å². The molecule has 0 aliphatic carbocycles. The number of aryl methyl sites for hydroxylation is 1. The van der Waals surface area contributed by atoms with Crippen LogP contribution in [-0.4, -0.2) is 28.9 Å². The lowest BCUT2D eigenvalue weighted by Crippen LogP contribution is -2.32. The monoisotopic (exact) mass is 248 g/mol. The minimum absolute atomic E-state index is 0.143. The van der Waals surface area contributed by atoms with Gasteiger partial charge in [0.2, 0.25) is 0 Å². The Morgan fingerprint density at radius 3 is 2.41 bits per heavy atom. The van der Waals surface area contributed by atoms with Crippen molar-refractivity contribution in [3.05, 3.63) is 16.1 Å². The van der Waals surface area contributed by atoms with Crippen LogP contribution in [-0.2, 0) is 0 Å². The van der Waals surface area contributed by atoms with Gasteiger partial charge in [0.15, 0.2) is 0 Å². The van der Waals surface area contributed by atoms with Gasteiger partial charge in [-0.3, -0.25) is 4.79 Å². The Balaban J connectivity index is 2.76. The summed E-state index contributed by atoms with van der Waals surface area (Å²) in [5.41, 5.74) is 2.31. The molecule has 1 aromatic heterocycles. The van der Waals surface area contributed by atoms with Crippen molar-refractivity contribution >= 4 is 17.2 Å². The Labute approximate surface area is 104 Å². The molecule has 88 valence electrons. The van der Waals surface area contributed by atoms with Gasteiger partial charge in [-0.2, -0.15) is 10.5 Å². The number of aromatic nitrogens is 1. The van der Waals surface area contributed by atoms with E-state index in [0.717, 1.165) is 0 Å². The molecular formula is C11H12N4OS. The molecule has 6 heteroatoms. The molecule has 1 heterocycles. The Morgan fingerprint density at radius 1 is 1.41 bits per heavy atom. The van der Waals surface area contributed by atoms with Crippen LogP contribution in [0.1, 0.15) is 28.2 Å². The number of thiazole rings is 1. The number of hydrogen-bond acceptors (Lipinski definition) is 5. The van der Waals surface area contributed by atoms with Crippen LogP contribution < -0.4 is 0 Å². The average molecular weight is 248 g/mol. The van der Waals surface area contributed by atoms with Gasteiger partial charge in [0.05, 0.1) is 36.2 Å². The third kappa shape index (κ3) is 3.54. The van der Waals surface area contributed by atoms with E-state index in [4.69, 9.17) is 10.5 Å². The molecule has 1 rings (SSSR count). The number of nitrogens with zero attached hydrogens (tertiary/aromatic N) is 4. The van der Waals surface area contributed by atoms with Crippen LogP contribution in [0.25, 0.3) is 0 Å². The molecule has 1 aromatic rings. The predicted octanol–water partition coefficient (Wildman–Crippen LogP) is 1.72. The van der Waals surface area contributed by atoms with Crippen LogP contribution in [0.2, 0.25) is 0 Å². The first-order valence-electron chi connectivity index (χ1n) is 5.14. The number of amides is 1. The highest BCUT2D eigenvalue weighted by Gasteiger charge is 2.18. The van der Waals surface area contributed by atoms with E-state index in [1.165, 1.54) is 16.2 Å². The van der Waals surface area contributed by atoms with E-state index in [1.807, 2.05) is 12.1 Å². The van der Waals surface area contributed by atoms with E-state index in [1.54, 1.807) is 12.4 Å². The Hall–Kier alpha value is -1.92. The Morgan fingerprint density at radius 2 is 2.00 bits per heavy atom. The molecule has 0 aliphatic heterocycles. The normalized spacial score (nSPS) is 9.35. The highest BCUT2D eigenvalue weighted by molar-refractivity contribution is 7.11. The molecule has 5 nitrogen and oxygen atoms in total. The molecule has 0 saturated heterocycles. The standard InChI is InChI=1S/C11H12N4OS/c1-9-10(17-8-14-9)11(16)15(6-2-4-12)7-3-5-13/h8H,2-3,6-7H2,1H3. The molecule has 0 saturated carbocycles. The first kappa shape index (κ1) is 13.1. The number of nitriles is 2. The second kappa shape index (κ2) is 6.62. The number of hydrogen-bond donors (Lipinski definition) is 0. The van der Waals surface area contributed by atoms with Crippen LogP contribution >= 0.6 is 11.3 Å². The third-order valence-electron chi connectivity index (χ3n) is 2.21. The lowest BCUT2D eigenvalue weighted by atomic mass is 10.3. The van der Waals surface area contributed by atoms with Gasteiger partial charge in [0, 0.05) is 13.1 Å². The summed E-state index contributed by atoms with van der Waals surface area (Å²) in [5, 5.41) is 17.1. The summed E-state index contributed by atoms with van der Waals surface area (Å²) in [6.07, 6.45) is 0.546. The molecular weight excluding hydrogens is 236 g/mol. The SMILES string of the molecule is Cc1ncsc1C(=O)N(CCC#N)CCC#N. The van der Waals surface area contributed by atoms with E-state index < -0.39 is 0 Å². The molecule has 17 heavy (non-hydrogen) atoms. The lowest BCUT2D eigenvalue weighted by Gasteiger charge is -2.19. The number of rotatable bonds is 5. The van der Waals surface area contributed by atoms with Gasteiger partial charge < -0.3 is 4.90 Å². The summed E-state index contributed by atoms with van der Waals surface area (Å²) in [6, 6.07) is 4.00. The van der Waals surface area contributed by atoms with E-state index >= 15 is 0 Å². The summed E-state index contributed by atoms with van der Waals surface area (Å²) >= 11 is 1.28. The van der Waals surface area contributed by atoms with Crippen molar-refractivity contribution in [1.82, 2.24) is 9.88 Å². The third-order valence-corrected chi connectivity index (χ3v) is 3.13. The molecule has 0 atom stereocenters. The van der Waals surface area contributed by atoms with Gasteiger partial charge in [-0.25, -0.2) is 4.98 Å². The largest absolute Gasteiger partial charge is 0.336 e. The fourth-order valence-corrected chi connectivity index (χ4v) is 2.11. The lowest BCUT2D eigenvalue weighted by molar-refractivity contribution is 0.0766. The minimum Gasteiger partial charge on any atom is -0.336 e. The van der Waals surface area contributed by atoms with Gasteiger partial charge in [-0.1, -0.05) is 0 Å². The maximum absolute atomic E-state index is 12.1. The molecule has 0 aliphatic rings. The fraction of sp³-hybridized carbons (Fsp3) is 0.455. The molecule has 0 aromatic carbocycles. The van der Waals surface area contributed by atoms with E-state index in [-0.39, 0.29) is 18.7 Å². The summed E-state index contributed by atoms with van der Waals surface area (Å²) in [7, 11) is 0. The maximum atomic E-state index is 12.1. The van der Waals surface area contributed by atoms with Crippen molar-refractivity contribution in [2.45, 2.75) is 19.8 Å². The molecule has 0 unspecified atom stereocenters. The summed E-state index contributed by atoms with van der Waals surface area (Å²) in [4.78, 5) is 18.3. The molecule has 0 radical (unpaired) electrons. The summed E-state index contributed by atoms with van der Waals surface area (Å²) in [5.74, 6) is -0.143. The predicted molar refractivity (Wildman–Crippen MR) is 63.2 cm³/mol. The number of carbonyl (C=O) groups is 1. The van der Waals surface area contributed by atoms with E-state index in [2.05, 4.69) is 4.98 Å². The van der Waals surface area contributed by atoms with Crippen molar-refractivity contribution in [1.29, 1.82) is 10.5 Å². The maximum Gasteiger partial charge on any atom is 0.265 e. The van der Waals surface area contributed by atoms with Crippen LogP contribution in [0.15, 0.2) is 5.51 Å². The number of carbonyl (C=O) groups excluding carboxylic acids is 1. The molecule has 0 spiro atoms. The van der Waals surface area contributed by atoms with Crippen molar-refractivity contribution in [2.24, 2.45) is 0 Å². The molecule has 1 amide bonds. The van der Waals surface area contributed by atoms with Crippen LogP contribution in [0.4, 0.5) is 0 Å². The van der Waals surface area contributed by atoms with Gasteiger partial charge in [-0.05, 0) is 6.92 Å². The van der Waals surface area contributed by atoms with E-state index in [9.17, 15) is 4.79 Å². The zero-order valence-electron chi connectivity index (χ0n) is 9.51. The van der Waals surface area contributed by atoms with Crippen molar-refractivity contribution in [3.63, 3.8) is 0 Å². The quantitative estimate of drug-likeness (QED) is 0.794. The van der Waals surface area contributed by atoms with Crippen LogP contribution in [0.3, 0.4) is 0 Å². The fourth-order valence-electron chi connectivity index (χ4n) is 1.34. The van der Waals surface area contributed by atoms with Crippen LogP contribution in [0, 0.1) is 29.6 Å². The smallest absolute Gasteiger partial charge is 0.265 e. The zero-order chi connectivity index (χ0) is 12.7. The van der Waals surface area contributed by atoms with Crippen molar-refractivity contribution in [3.8, 4) is 12.1 Å². The van der Waals surface area contributed by atoms with E-state index in [0.29, 0.717) is 23.7 Å². The highest BCUT2D eigenvalue weighted by atomic mass is 32.1. The molecule has 0 fully saturated rings. The second-order valence-corrected chi connectivity index (χ2v) is 4.23. The Bertz CT molecular complexity index is 451. The first-order valence-corrected chi connectivity index (χ1v) is 6.02. The Kier molecular flexibility index (Phi) is 5.12. The van der Waals surface area contributed by atoms with Gasteiger partial charge in [0.25, 0.3) is 5.91 Å². The van der Waals surface area contributed by atoms with Gasteiger partial charge >= 0.3 is 0 Å². The molecule has 0 N–H and O–H groups in total.